The quantitative estimate of drug-likeness (QED) is 0.763. The van der Waals surface area contributed by atoms with Crippen molar-refractivity contribution in [3.8, 4) is 0 Å². The average Bonchev–Trinajstić information content (AvgIpc) is 2.83. The molecule has 0 aromatic heterocycles. The molecule has 2 fully saturated rings. The average molecular weight is 408 g/mol. The third-order valence-electron chi connectivity index (χ3n) is 5.73. The van der Waals surface area contributed by atoms with E-state index in [-0.39, 0.29) is 36.9 Å². The summed E-state index contributed by atoms with van der Waals surface area (Å²) in [5.74, 6) is 0.0286. The Balaban J connectivity index is 1.27. The molecule has 158 valence electrons. The lowest BCUT2D eigenvalue weighted by Crippen LogP contribution is -2.44. The van der Waals surface area contributed by atoms with Crippen LogP contribution in [0.3, 0.4) is 0 Å². The van der Waals surface area contributed by atoms with Crippen molar-refractivity contribution < 1.29 is 19.1 Å². The Morgan fingerprint density at radius 1 is 0.700 bits per heavy atom. The summed E-state index contributed by atoms with van der Waals surface area (Å²) in [7, 11) is 0. The molecule has 30 heavy (non-hydrogen) atoms. The molecule has 0 N–H and O–H groups in total. The van der Waals surface area contributed by atoms with Crippen molar-refractivity contribution in [3.63, 3.8) is 0 Å². The lowest BCUT2D eigenvalue weighted by molar-refractivity contribution is -0.144. The highest BCUT2D eigenvalue weighted by Crippen LogP contribution is 2.24. The molecule has 6 nitrogen and oxygen atoms in total. The minimum Gasteiger partial charge on any atom is -0.370 e. The molecule has 6 heteroatoms. The van der Waals surface area contributed by atoms with Crippen LogP contribution in [0.5, 0.6) is 0 Å². The van der Waals surface area contributed by atoms with Gasteiger partial charge in [0.2, 0.25) is 11.8 Å². The first-order valence-corrected chi connectivity index (χ1v) is 10.6. The van der Waals surface area contributed by atoms with Crippen LogP contribution < -0.4 is 0 Å². The van der Waals surface area contributed by atoms with Gasteiger partial charge >= 0.3 is 0 Å². The smallest absolute Gasteiger partial charge is 0.223 e. The van der Waals surface area contributed by atoms with Crippen molar-refractivity contribution in [1.82, 2.24) is 9.80 Å². The summed E-state index contributed by atoms with van der Waals surface area (Å²) in [6.07, 6.45) is 0.248. The zero-order chi connectivity index (χ0) is 20.8. The molecule has 2 aliphatic rings. The van der Waals surface area contributed by atoms with Gasteiger partial charge in [-0.2, -0.15) is 0 Å². The molecule has 2 atom stereocenters. The summed E-state index contributed by atoms with van der Waals surface area (Å²) in [5, 5.41) is 0. The Kier molecular flexibility index (Phi) is 6.77. The summed E-state index contributed by atoms with van der Waals surface area (Å²) in [4.78, 5) is 29.1. The molecule has 0 aliphatic carbocycles. The van der Waals surface area contributed by atoms with Gasteiger partial charge in [-0.15, -0.1) is 0 Å². The van der Waals surface area contributed by atoms with Crippen LogP contribution in [0.15, 0.2) is 60.7 Å². The fourth-order valence-corrected chi connectivity index (χ4v) is 4.02. The standard InChI is InChI=1S/C24H28N2O4/c27-23(25-13-15-29-21(17-25)19-7-3-1-4-8-19)11-12-24(28)26-14-16-30-22(18-26)20-9-5-2-6-10-20/h1-10,21-22H,11-18H2. The van der Waals surface area contributed by atoms with Crippen LogP contribution in [-0.2, 0) is 19.1 Å². The van der Waals surface area contributed by atoms with Gasteiger partial charge in [-0.3, -0.25) is 9.59 Å². The molecule has 2 amide bonds. The number of hydrogen-bond acceptors (Lipinski definition) is 4. The van der Waals surface area contributed by atoms with E-state index in [1.54, 1.807) is 0 Å². The lowest BCUT2D eigenvalue weighted by atomic mass is 10.1. The van der Waals surface area contributed by atoms with Crippen LogP contribution in [0.25, 0.3) is 0 Å². The Labute approximate surface area is 177 Å². The minimum absolute atomic E-state index is 0.0143. The molecule has 0 saturated carbocycles. The molecular formula is C24H28N2O4. The Morgan fingerprint density at radius 3 is 1.50 bits per heavy atom. The molecular weight excluding hydrogens is 380 g/mol. The Bertz CT molecular complexity index is 771. The number of nitrogens with zero attached hydrogens (tertiary/aromatic N) is 2. The van der Waals surface area contributed by atoms with E-state index in [1.807, 2.05) is 70.5 Å². The minimum atomic E-state index is -0.106. The van der Waals surface area contributed by atoms with E-state index in [1.165, 1.54) is 0 Å². The zero-order valence-corrected chi connectivity index (χ0v) is 17.1. The molecule has 0 radical (unpaired) electrons. The normalized spacial score (nSPS) is 22.0. The maximum absolute atomic E-state index is 12.7. The van der Waals surface area contributed by atoms with Gasteiger partial charge < -0.3 is 19.3 Å². The van der Waals surface area contributed by atoms with Gasteiger partial charge in [-0.25, -0.2) is 0 Å². The first-order valence-electron chi connectivity index (χ1n) is 10.6. The first-order chi connectivity index (χ1) is 14.7. The van der Waals surface area contributed by atoms with Crippen LogP contribution in [0.1, 0.15) is 36.2 Å². The third-order valence-corrected chi connectivity index (χ3v) is 5.73. The third kappa shape index (κ3) is 5.07. The van der Waals surface area contributed by atoms with E-state index in [9.17, 15) is 9.59 Å². The first kappa shape index (κ1) is 20.6. The molecule has 2 aromatic carbocycles. The molecule has 2 saturated heterocycles. The van der Waals surface area contributed by atoms with Gasteiger partial charge in [-0.1, -0.05) is 60.7 Å². The van der Waals surface area contributed by atoms with Crippen LogP contribution in [0.2, 0.25) is 0 Å². The van der Waals surface area contributed by atoms with Crippen molar-refractivity contribution in [1.29, 1.82) is 0 Å². The number of amides is 2. The Hall–Kier alpha value is -2.70. The monoisotopic (exact) mass is 408 g/mol. The maximum atomic E-state index is 12.7. The highest BCUT2D eigenvalue weighted by molar-refractivity contribution is 5.84. The van der Waals surface area contributed by atoms with Crippen LogP contribution in [0.4, 0.5) is 0 Å². The van der Waals surface area contributed by atoms with E-state index in [0.717, 1.165) is 11.1 Å². The number of morpholine rings is 2. The van der Waals surface area contributed by atoms with E-state index in [0.29, 0.717) is 39.4 Å². The number of benzene rings is 2. The number of carbonyl (C=O) groups is 2. The highest BCUT2D eigenvalue weighted by atomic mass is 16.5. The van der Waals surface area contributed by atoms with Crippen molar-refractivity contribution in [2.24, 2.45) is 0 Å². The van der Waals surface area contributed by atoms with Crippen LogP contribution >= 0.6 is 0 Å². The maximum Gasteiger partial charge on any atom is 0.223 e. The van der Waals surface area contributed by atoms with Crippen LogP contribution in [-0.4, -0.2) is 61.0 Å². The molecule has 2 heterocycles. The molecule has 2 aliphatic heterocycles. The van der Waals surface area contributed by atoms with E-state index < -0.39 is 0 Å². The topological polar surface area (TPSA) is 59.1 Å². The van der Waals surface area contributed by atoms with E-state index >= 15 is 0 Å². The summed E-state index contributed by atoms with van der Waals surface area (Å²) in [5.41, 5.74) is 2.15. The van der Waals surface area contributed by atoms with Gasteiger partial charge in [0.1, 0.15) is 12.2 Å². The van der Waals surface area contributed by atoms with Crippen molar-refractivity contribution in [2.45, 2.75) is 25.0 Å². The van der Waals surface area contributed by atoms with Crippen molar-refractivity contribution in [2.75, 3.05) is 39.4 Å². The lowest BCUT2D eigenvalue weighted by Gasteiger charge is -2.34. The van der Waals surface area contributed by atoms with E-state index in [2.05, 4.69) is 0 Å². The molecule has 0 spiro atoms. The van der Waals surface area contributed by atoms with Crippen molar-refractivity contribution >= 4 is 11.8 Å². The van der Waals surface area contributed by atoms with Gasteiger partial charge in [0, 0.05) is 25.9 Å². The predicted octanol–water partition coefficient (Wildman–Crippen LogP) is 2.97. The second kappa shape index (κ2) is 9.87. The molecule has 0 bridgehead atoms. The molecule has 4 rings (SSSR count). The molecule has 2 aromatic rings. The fourth-order valence-electron chi connectivity index (χ4n) is 4.02. The van der Waals surface area contributed by atoms with Gasteiger partial charge in [0.25, 0.3) is 0 Å². The highest BCUT2D eigenvalue weighted by Gasteiger charge is 2.28. The molecule has 2 unspecified atom stereocenters. The van der Waals surface area contributed by atoms with E-state index in [4.69, 9.17) is 9.47 Å². The van der Waals surface area contributed by atoms with Gasteiger partial charge in [0.15, 0.2) is 0 Å². The Morgan fingerprint density at radius 2 is 1.10 bits per heavy atom. The summed E-state index contributed by atoms with van der Waals surface area (Å²) >= 11 is 0. The zero-order valence-electron chi connectivity index (χ0n) is 17.1. The van der Waals surface area contributed by atoms with Gasteiger partial charge in [-0.05, 0) is 11.1 Å². The fraction of sp³-hybridized carbons (Fsp3) is 0.417. The second-order valence-electron chi connectivity index (χ2n) is 7.72. The second-order valence-corrected chi connectivity index (χ2v) is 7.72. The summed E-state index contributed by atoms with van der Waals surface area (Å²) in [6.45, 7) is 3.24. The van der Waals surface area contributed by atoms with Crippen LogP contribution in [0, 0.1) is 0 Å². The summed E-state index contributed by atoms with van der Waals surface area (Å²) in [6, 6.07) is 19.9. The SMILES string of the molecule is O=C(CCC(=O)N1CCOC(c2ccccc2)C1)N1CCOC(c2ccccc2)C1. The largest absolute Gasteiger partial charge is 0.370 e. The number of ether oxygens (including phenoxy) is 2. The predicted molar refractivity (Wildman–Crippen MR) is 113 cm³/mol. The van der Waals surface area contributed by atoms with Crippen molar-refractivity contribution in [3.05, 3.63) is 71.8 Å². The van der Waals surface area contributed by atoms with Gasteiger partial charge in [0.05, 0.1) is 26.3 Å². The number of hydrogen-bond donors (Lipinski definition) is 0. The number of rotatable bonds is 5. The summed E-state index contributed by atoms with van der Waals surface area (Å²) < 4.78 is 11.7. The number of carbonyl (C=O) groups excluding carboxylic acids is 2.